The Morgan fingerprint density at radius 2 is 1.70 bits per heavy atom. The molecule has 7 heteroatoms. The zero-order valence-corrected chi connectivity index (χ0v) is 17.3. The summed E-state index contributed by atoms with van der Waals surface area (Å²) in [4.78, 5) is 8.98. The van der Waals surface area contributed by atoms with Gasteiger partial charge in [0.2, 0.25) is 5.95 Å². The number of hydrogen-bond acceptors (Lipinski definition) is 6. The fourth-order valence-corrected chi connectivity index (χ4v) is 3.13. The predicted octanol–water partition coefficient (Wildman–Crippen LogP) is 5.73. The van der Waals surface area contributed by atoms with E-state index in [1.165, 1.54) is 6.08 Å². The Hall–Kier alpha value is -3.87. The minimum Gasteiger partial charge on any atom is -0.340 e. The molecule has 0 saturated carbocycles. The van der Waals surface area contributed by atoms with E-state index in [9.17, 15) is 0 Å². The smallest absolute Gasteiger partial charge is 0.229 e. The fourth-order valence-electron chi connectivity index (χ4n) is 3.00. The molecule has 0 unspecified atom stereocenters. The first-order chi connectivity index (χ1) is 14.5. The second-order valence-electron chi connectivity index (χ2n) is 6.63. The summed E-state index contributed by atoms with van der Waals surface area (Å²) < 4.78 is 0. The van der Waals surface area contributed by atoms with E-state index in [1.807, 2.05) is 32.0 Å². The van der Waals surface area contributed by atoms with Crippen LogP contribution in [0.1, 0.15) is 27.9 Å². The highest BCUT2D eigenvalue weighted by atomic mass is 35.5. The molecule has 0 aliphatic carbocycles. The van der Waals surface area contributed by atoms with Crippen LogP contribution in [-0.4, -0.2) is 9.97 Å². The van der Waals surface area contributed by atoms with Gasteiger partial charge in [0.1, 0.15) is 5.82 Å². The van der Waals surface area contributed by atoms with Crippen molar-refractivity contribution in [2.75, 3.05) is 10.6 Å². The van der Waals surface area contributed by atoms with Crippen molar-refractivity contribution in [2.24, 2.45) is 0 Å². The van der Waals surface area contributed by atoms with Crippen LogP contribution < -0.4 is 10.6 Å². The first-order valence-corrected chi connectivity index (χ1v) is 9.71. The Bertz CT molecular complexity index is 1150. The zero-order chi connectivity index (χ0) is 21.5. The van der Waals surface area contributed by atoms with E-state index >= 15 is 0 Å². The van der Waals surface area contributed by atoms with Gasteiger partial charge in [0, 0.05) is 23.5 Å². The topological polar surface area (TPSA) is 97.4 Å². The van der Waals surface area contributed by atoms with Crippen molar-refractivity contribution in [1.29, 1.82) is 10.5 Å². The molecule has 0 aliphatic rings. The number of nitrogens with zero attached hydrogens (tertiary/aromatic N) is 4. The lowest BCUT2D eigenvalue weighted by Gasteiger charge is -2.15. The average molecular weight is 415 g/mol. The molecule has 0 saturated heterocycles. The van der Waals surface area contributed by atoms with E-state index in [2.05, 4.69) is 26.7 Å². The summed E-state index contributed by atoms with van der Waals surface area (Å²) in [6, 6.07) is 16.9. The summed E-state index contributed by atoms with van der Waals surface area (Å²) >= 11 is 6.03. The van der Waals surface area contributed by atoms with Crippen LogP contribution in [0.3, 0.4) is 0 Å². The molecule has 0 fully saturated rings. The summed E-state index contributed by atoms with van der Waals surface area (Å²) in [6.07, 6.45) is 3.24. The molecule has 2 N–H and O–H groups in total. The second-order valence-corrected chi connectivity index (χ2v) is 6.90. The van der Waals surface area contributed by atoms with E-state index < -0.39 is 0 Å². The molecule has 3 rings (SSSR count). The molecule has 1 aromatic heterocycles. The summed E-state index contributed by atoms with van der Waals surface area (Å²) in [5.41, 5.74) is 5.98. The molecular weight excluding hydrogens is 396 g/mol. The van der Waals surface area contributed by atoms with Gasteiger partial charge in [0.25, 0.3) is 0 Å². The number of aryl methyl sites for hydroxylation is 2. The lowest BCUT2D eigenvalue weighted by atomic mass is 10.0. The van der Waals surface area contributed by atoms with E-state index in [-0.39, 0.29) is 5.88 Å². The lowest BCUT2D eigenvalue weighted by molar-refractivity contribution is 1.09. The molecular formula is C23H19ClN6. The molecule has 0 spiro atoms. The number of aromatic nitrogens is 2. The Morgan fingerprint density at radius 3 is 2.30 bits per heavy atom. The monoisotopic (exact) mass is 414 g/mol. The maximum absolute atomic E-state index is 8.93. The maximum Gasteiger partial charge on any atom is 0.229 e. The van der Waals surface area contributed by atoms with Gasteiger partial charge in [-0.15, -0.1) is 11.6 Å². The normalized spacial score (nSPS) is 10.4. The van der Waals surface area contributed by atoms with E-state index in [0.29, 0.717) is 23.0 Å². The van der Waals surface area contributed by atoms with E-state index in [4.69, 9.17) is 22.1 Å². The number of rotatable bonds is 6. The number of hydrogen-bond donors (Lipinski definition) is 2. The number of allylic oxidation sites excluding steroid dienone is 1. The van der Waals surface area contributed by atoms with Crippen molar-refractivity contribution in [1.82, 2.24) is 9.97 Å². The van der Waals surface area contributed by atoms with Crippen LogP contribution in [0.25, 0.3) is 6.08 Å². The van der Waals surface area contributed by atoms with Crippen LogP contribution in [0.2, 0.25) is 0 Å². The minimum atomic E-state index is 0.245. The summed E-state index contributed by atoms with van der Waals surface area (Å²) in [5.74, 6) is 1.27. The standard InChI is InChI=1S/C23H19ClN6/c1-15-10-18(4-3-9-25)11-16(2)22(15)29-21-12-20(13-24)28-23(30-21)27-19-7-5-17(14-26)6-8-19/h3-8,10-12H,13H2,1-2H3,(H2,27,28,29,30). The van der Waals surface area contributed by atoms with Crippen LogP contribution in [0, 0.1) is 36.5 Å². The number of halogens is 1. The summed E-state index contributed by atoms with van der Waals surface area (Å²) in [5, 5.41) is 24.2. The second kappa shape index (κ2) is 9.56. The Morgan fingerprint density at radius 1 is 1.00 bits per heavy atom. The van der Waals surface area contributed by atoms with Gasteiger partial charge in [0.05, 0.1) is 29.3 Å². The van der Waals surface area contributed by atoms with Crippen LogP contribution in [0.15, 0.2) is 48.5 Å². The molecule has 0 bridgehead atoms. The Labute approximate surface area is 180 Å². The highest BCUT2D eigenvalue weighted by Gasteiger charge is 2.09. The lowest BCUT2D eigenvalue weighted by Crippen LogP contribution is -2.05. The summed E-state index contributed by atoms with van der Waals surface area (Å²) in [6.45, 7) is 4.00. The molecule has 0 radical (unpaired) electrons. The van der Waals surface area contributed by atoms with Gasteiger partial charge < -0.3 is 10.6 Å². The van der Waals surface area contributed by atoms with Gasteiger partial charge in [0.15, 0.2) is 0 Å². The van der Waals surface area contributed by atoms with Gasteiger partial charge >= 0.3 is 0 Å². The molecule has 1 heterocycles. The molecule has 0 aliphatic heterocycles. The molecule has 148 valence electrons. The summed E-state index contributed by atoms with van der Waals surface area (Å²) in [7, 11) is 0. The third-order valence-electron chi connectivity index (χ3n) is 4.34. The van der Waals surface area contributed by atoms with Crippen molar-refractivity contribution in [3.8, 4) is 12.1 Å². The first-order valence-electron chi connectivity index (χ1n) is 9.18. The number of nitriles is 2. The Kier molecular flexibility index (Phi) is 6.64. The average Bonchev–Trinajstić information content (AvgIpc) is 2.75. The molecule has 30 heavy (non-hydrogen) atoms. The van der Waals surface area contributed by atoms with Crippen molar-refractivity contribution >= 4 is 40.8 Å². The number of anilines is 4. The molecule has 2 aromatic carbocycles. The van der Waals surface area contributed by atoms with Gasteiger partial charge in [-0.2, -0.15) is 15.5 Å². The van der Waals surface area contributed by atoms with Gasteiger partial charge in [-0.25, -0.2) is 4.98 Å². The Balaban J connectivity index is 1.89. The van der Waals surface area contributed by atoms with Gasteiger partial charge in [-0.05, 0) is 73.0 Å². The third-order valence-corrected chi connectivity index (χ3v) is 4.62. The fraction of sp³-hybridized carbons (Fsp3) is 0.130. The van der Waals surface area contributed by atoms with Crippen molar-refractivity contribution in [2.45, 2.75) is 19.7 Å². The molecule has 3 aromatic rings. The van der Waals surface area contributed by atoms with Crippen molar-refractivity contribution in [3.05, 3.63) is 76.5 Å². The minimum absolute atomic E-state index is 0.245. The number of alkyl halides is 1. The molecule has 0 amide bonds. The largest absolute Gasteiger partial charge is 0.340 e. The predicted molar refractivity (Wildman–Crippen MR) is 120 cm³/mol. The quantitative estimate of drug-likeness (QED) is 0.395. The number of nitrogens with one attached hydrogen (secondary N) is 2. The molecule has 0 atom stereocenters. The van der Waals surface area contributed by atoms with Gasteiger partial charge in [-0.3, -0.25) is 0 Å². The highest BCUT2D eigenvalue weighted by molar-refractivity contribution is 6.16. The molecule has 6 nitrogen and oxygen atoms in total. The van der Waals surface area contributed by atoms with Crippen LogP contribution in [-0.2, 0) is 5.88 Å². The SMILES string of the molecule is Cc1cc(C=CC#N)cc(C)c1Nc1cc(CCl)nc(Nc2ccc(C#N)cc2)n1. The van der Waals surface area contributed by atoms with E-state index in [1.54, 1.807) is 36.4 Å². The van der Waals surface area contributed by atoms with Crippen molar-refractivity contribution < 1.29 is 0 Å². The van der Waals surface area contributed by atoms with Gasteiger partial charge in [-0.1, -0.05) is 0 Å². The van der Waals surface area contributed by atoms with Crippen LogP contribution >= 0.6 is 11.6 Å². The maximum atomic E-state index is 8.93. The van der Waals surface area contributed by atoms with E-state index in [0.717, 1.165) is 28.1 Å². The van der Waals surface area contributed by atoms with Crippen LogP contribution in [0.4, 0.5) is 23.1 Å². The first kappa shape index (κ1) is 20.9. The third kappa shape index (κ3) is 5.14. The zero-order valence-electron chi connectivity index (χ0n) is 16.6. The number of benzene rings is 2. The highest BCUT2D eigenvalue weighted by Crippen LogP contribution is 2.27. The van der Waals surface area contributed by atoms with Crippen LogP contribution in [0.5, 0.6) is 0 Å². The van der Waals surface area contributed by atoms with Crippen molar-refractivity contribution in [3.63, 3.8) is 0 Å².